The number of nitrogens with one attached hydrogen (secondary N) is 2. The van der Waals surface area contributed by atoms with Crippen LogP contribution in [0.2, 0.25) is 0 Å². The van der Waals surface area contributed by atoms with E-state index in [1.54, 1.807) is 24.3 Å². The maximum atomic E-state index is 12.0. The topological polar surface area (TPSA) is 114 Å². The number of amides is 1. The molecule has 0 unspecified atom stereocenters. The van der Waals surface area contributed by atoms with Gasteiger partial charge < -0.3 is 15.0 Å². The maximum absolute atomic E-state index is 12.0. The monoisotopic (exact) mass is 331 g/mol. The Bertz CT molecular complexity index is 783. The predicted octanol–water partition coefficient (Wildman–Crippen LogP) is 2.00. The molecule has 8 nitrogen and oxygen atoms in total. The molecule has 2 rings (SSSR count). The first-order chi connectivity index (χ1) is 11.5. The molecular weight excluding hydrogens is 314 g/mol. The number of nitro groups is 1. The fourth-order valence-corrected chi connectivity index (χ4v) is 1.95. The summed E-state index contributed by atoms with van der Waals surface area (Å²) in [6, 6.07) is 8.12. The highest BCUT2D eigenvalue weighted by Crippen LogP contribution is 2.13. The Morgan fingerprint density at radius 3 is 2.67 bits per heavy atom. The fraction of sp³-hybridized carbons (Fsp3) is 0.250. The van der Waals surface area contributed by atoms with E-state index in [4.69, 9.17) is 4.74 Å². The van der Waals surface area contributed by atoms with Gasteiger partial charge in [0.2, 0.25) is 0 Å². The van der Waals surface area contributed by atoms with E-state index in [0.29, 0.717) is 6.61 Å². The van der Waals surface area contributed by atoms with Crippen molar-refractivity contribution in [2.75, 3.05) is 6.61 Å². The highest BCUT2D eigenvalue weighted by atomic mass is 16.6. The van der Waals surface area contributed by atoms with Gasteiger partial charge in [-0.25, -0.2) is 0 Å². The third-order valence-electron chi connectivity index (χ3n) is 3.19. The van der Waals surface area contributed by atoms with Gasteiger partial charge in [-0.2, -0.15) is 0 Å². The Balaban J connectivity index is 2.01. The average Bonchev–Trinajstić information content (AvgIpc) is 2.59. The van der Waals surface area contributed by atoms with Gasteiger partial charge in [0.15, 0.2) is 0 Å². The molecule has 1 heterocycles. The number of nitrogens with zero attached hydrogens (tertiary/aromatic N) is 1. The van der Waals surface area contributed by atoms with Gasteiger partial charge in [-0.1, -0.05) is 19.1 Å². The lowest BCUT2D eigenvalue weighted by molar-refractivity contribution is -0.385. The van der Waals surface area contributed by atoms with Crippen LogP contribution in [-0.2, 0) is 6.54 Å². The van der Waals surface area contributed by atoms with E-state index >= 15 is 0 Å². The fourth-order valence-electron chi connectivity index (χ4n) is 1.95. The predicted molar refractivity (Wildman–Crippen MR) is 87.1 cm³/mol. The molecule has 1 amide bonds. The van der Waals surface area contributed by atoms with Crippen LogP contribution in [0.3, 0.4) is 0 Å². The first-order valence-electron chi connectivity index (χ1n) is 7.38. The smallest absolute Gasteiger partial charge is 0.286 e. The average molecular weight is 331 g/mol. The highest BCUT2D eigenvalue weighted by Gasteiger charge is 2.15. The first kappa shape index (κ1) is 17.2. The summed E-state index contributed by atoms with van der Waals surface area (Å²) >= 11 is 0. The van der Waals surface area contributed by atoms with E-state index in [1.807, 2.05) is 6.92 Å². The Morgan fingerprint density at radius 1 is 1.33 bits per heavy atom. The second-order valence-corrected chi connectivity index (χ2v) is 5.03. The number of H-pyrrole nitrogens is 1. The molecule has 0 aliphatic rings. The van der Waals surface area contributed by atoms with Crippen molar-refractivity contribution in [1.82, 2.24) is 10.3 Å². The van der Waals surface area contributed by atoms with E-state index in [2.05, 4.69) is 10.3 Å². The number of hydrogen-bond acceptors (Lipinski definition) is 5. The van der Waals surface area contributed by atoms with Crippen LogP contribution in [0, 0.1) is 10.1 Å². The molecule has 0 spiro atoms. The molecular formula is C16H17N3O5. The third-order valence-corrected chi connectivity index (χ3v) is 3.19. The molecule has 0 saturated carbocycles. The molecule has 1 aromatic heterocycles. The number of hydrogen-bond donors (Lipinski definition) is 2. The second kappa shape index (κ2) is 7.91. The Kier molecular flexibility index (Phi) is 5.67. The van der Waals surface area contributed by atoms with Gasteiger partial charge >= 0.3 is 0 Å². The standard InChI is InChI=1S/C16H17N3O5/c1-2-7-24-13-5-3-11(4-6-13)9-17-15(20)14-8-12(19(22)23)10-18-16(14)21/h3-6,8,10H,2,7,9H2,1H3,(H,17,20)(H,18,21). The zero-order valence-corrected chi connectivity index (χ0v) is 13.1. The second-order valence-electron chi connectivity index (χ2n) is 5.03. The van der Waals surface area contributed by atoms with Gasteiger partial charge in [0.05, 0.1) is 17.7 Å². The van der Waals surface area contributed by atoms with Gasteiger partial charge in [0.25, 0.3) is 17.2 Å². The number of carbonyl (C=O) groups excluding carboxylic acids is 1. The van der Waals surface area contributed by atoms with E-state index in [0.717, 1.165) is 30.0 Å². The number of benzene rings is 1. The van der Waals surface area contributed by atoms with Gasteiger partial charge in [-0.05, 0) is 24.1 Å². The molecule has 1 aromatic carbocycles. The van der Waals surface area contributed by atoms with Crippen molar-refractivity contribution in [1.29, 1.82) is 0 Å². The van der Waals surface area contributed by atoms with E-state index in [-0.39, 0.29) is 17.8 Å². The zero-order valence-electron chi connectivity index (χ0n) is 13.1. The van der Waals surface area contributed by atoms with Crippen molar-refractivity contribution in [3.05, 3.63) is 68.1 Å². The minimum Gasteiger partial charge on any atom is -0.494 e. The summed E-state index contributed by atoms with van der Waals surface area (Å²) in [4.78, 5) is 35.9. The van der Waals surface area contributed by atoms with E-state index in [9.17, 15) is 19.7 Å². The molecule has 126 valence electrons. The number of aromatic amines is 1. The summed E-state index contributed by atoms with van der Waals surface area (Å²) in [5.41, 5.74) is -0.514. The number of carbonyl (C=O) groups is 1. The molecule has 8 heteroatoms. The summed E-state index contributed by atoms with van der Waals surface area (Å²) in [6.45, 7) is 2.83. The Labute approximate surface area is 137 Å². The number of aromatic nitrogens is 1. The van der Waals surface area contributed by atoms with Crippen molar-refractivity contribution >= 4 is 11.6 Å². The number of ether oxygens (including phenoxy) is 1. The van der Waals surface area contributed by atoms with Crippen LogP contribution < -0.4 is 15.6 Å². The van der Waals surface area contributed by atoms with Crippen LogP contribution in [0.25, 0.3) is 0 Å². The van der Waals surface area contributed by atoms with Crippen LogP contribution in [0.5, 0.6) is 5.75 Å². The lowest BCUT2D eigenvalue weighted by atomic mass is 10.2. The van der Waals surface area contributed by atoms with Gasteiger partial charge in [-0.3, -0.25) is 19.7 Å². The molecule has 2 N–H and O–H groups in total. The largest absolute Gasteiger partial charge is 0.494 e. The van der Waals surface area contributed by atoms with Crippen molar-refractivity contribution in [2.24, 2.45) is 0 Å². The Morgan fingerprint density at radius 2 is 2.04 bits per heavy atom. The quantitative estimate of drug-likeness (QED) is 0.595. The van der Waals surface area contributed by atoms with Crippen LogP contribution in [0.1, 0.15) is 29.3 Å². The molecule has 0 aliphatic carbocycles. The van der Waals surface area contributed by atoms with Gasteiger partial charge in [0, 0.05) is 12.6 Å². The molecule has 0 atom stereocenters. The van der Waals surface area contributed by atoms with Crippen LogP contribution in [-0.4, -0.2) is 22.4 Å². The summed E-state index contributed by atoms with van der Waals surface area (Å²) in [7, 11) is 0. The molecule has 0 radical (unpaired) electrons. The van der Waals surface area contributed by atoms with Gasteiger partial charge in [0.1, 0.15) is 11.3 Å². The molecule has 2 aromatic rings. The summed E-state index contributed by atoms with van der Waals surface area (Å²) < 4.78 is 5.46. The lowest BCUT2D eigenvalue weighted by Gasteiger charge is -2.07. The van der Waals surface area contributed by atoms with Crippen LogP contribution >= 0.6 is 0 Å². The minimum absolute atomic E-state index is 0.190. The Hall–Kier alpha value is -3.16. The molecule has 0 bridgehead atoms. The summed E-state index contributed by atoms with van der Waals surface area (Å²) in [6.07, 6.45) is 1.86. The normalized spacial score (nSPS) is 10.2. The van der Waals surface area contributed by atoms with Crippen molar-refractivity contribution < 1.29 is 14.5 Å². The first-order valence-corrected chi connectivity index (χ1v) is 7.38. The van der Waals surface area contributed by atoms with Crippen molar-refractivity contribution in [3.63, 3.8) is 0 Å². The molecule has 0 fully saturated rings. The maximum Gasteiger partial charge on any atom is 0.286 e. The van der Waals surface area contributed by atoms with Crippen molar-refractivity contribution in [3.8, 4) is 5.75 Å². The molecule has 0 aliphatic heterocycles. The summed E-state index contributed by atoms with van der Waals surface area (Å²) in [5, 5.41) is 13.3. The minimum atomic E-state index is -0.679. The third kappa shape index (κ3) is 4.42. The zero-order chi connectivity index (χ0) is 17.5. The van der Waals surface area contributed by atoms with E-state index < -0.39 is 16.4 Å². The van der Waals surface area contributed by atoms with E-state index in [1.165, 1.54) is 0 Å². The molecule has 0 saturated heterocycles. The molecule has 24 heavy (non-hydrogen) atoms. The number of rotatable bonds is 7. The SMILES string of the molecule is CCCOc1ccc(CNC(=O)c2cc([N+](=O)[O-])c[nH]c2=O)cc1. The van der Waals surface area contributed by atoms with Crippen LogP contribution in [0.15, 0.2) is 41.3 Å². The number of pyridine rings is 1. The summed E-state index contributed by atoms with van der Waals surface area (Å²) in [5.74, 6) is 0.0633. The lowest BCUT2D eigenvalue weighted by Crippen LogP contribution is -2.29. The van der Waals surface area contributed by atoms with Gasteiger partial charge in [-0.15, -0.1) is 0 Å². The highest BCUT2D eigenvalue weighted by molar-refractivity contribution is 5.94. The van der Waals surface area contributed by atoms with Crippen molar-refractivity contribution in [2.45, 2.75) is 19.9 Å². The van der Waals surface area contributed by atoms with Crippen LogP contribution in [0.4, 0.5) is 5.69 Å².